The van der Waals surface area contributed by atoms with Crippen molar-refractivity contribution in [3.8, 4) is 5.75 Å². The molecular formula is C44H60FN3O13. The van der Waals surface area contributed by atoms with Gasteiger partial charge in [0.1, 0.15) is 36.0 Å². The van der Waals surface area contributed by atoms with Gasteiger partial charge in [-0.05, 0) is 85.2 Å². The van der Waals surface area contributed by atoms with Crippen LogP contribution in [0.25, 0.3) is 0 Å². The summed E-state index contributed by atoms with van der Waals surface area (Å²) in [5.74, 6) is -1.06. The van der Waals surface area contributed by atoms with E-state index in [1.807, 2.05) is 24.3 Å². The first-order valence-electron chi connectivity index (χ1n) is 20.5. The van der Waals surface area contributed by atoms with Gasteiger partial charge in [0.15, 0.2) is 0 Å². The summed E-state index contributed by atoms with van der Waals surface area (Å²) in [6.45, 7) is -1.05. The molecule has 3 aromatic rings. The maximum absolute atomic E-state index is 13.6. The van der Waals surface area contributed by atoms with Crippen LogP contribution in [-0.4, -0.2) is 127 Å². The number of anilines is 1. The van der Waals surface area contributed by atoms with Gasteiger partial charge in [0.05, 0.1) is 50.1 Å². The van der Waals surface area contributed by atoms with Gasteiger partial charge in [0, 0.05) is 31.6 Å². The lowest BCUT2D eigenvalue weighted by atomic mass is 9.78. The van der Waals surface area contributed by atoms with Gasteiger partial charge in [-0.3, -0.25) is 14.4 Å². The first kappa shape index (κ1) is 49.1. The number of benzene rings is 3. The summed E-state index contributed by atoms with van der Waals surface area (Å²) in [5, 5.41) is 94.7. The highest BCUT2D eigenvalue weighted by Crippen LogP contribution is 2.46. The number of methoxy groups -OCH3 is 1. The Hall–Kier alpha value is -4.56. The van der Waals surface area contributed by atoms with Crippen molar-refractivity contribution in [2.75, 3.05) is 25.2 Å². The zero-order chi connectivity index (χ0) is 44.6. The molecule has 3 amide bonds. The number of carbonyl (C=O) groups excluding carboxylic acids is 3. The summed E-state index contributed by atoms with van der Waals surface area (Å²) in [7, 11) is 1.57. The molecule has 1 heterocycles. The van der Waals surface area contributed by atoms with E-state index in [9.17, 15) is 59.6 Å². The van der Waals surface area contributed by atoms with Crippen molar-refractivity contribution in [3.63, 3.8) is 0 Å². The molecule has 3 unspecified atom stereocenters. The Labute approximate surface area is 354 Å². The van der Waals surface area contributed by atoms with Crippen LogP contribution in [0.2, 0.25) is 0 Å². The molecule has 1 saturated heterocycles. The van der Waals surface area contributed by atoms with E-state index in [1.54, 1.807) is 36.3 Å². The van der Waals surface area contributed by atoms with E-state index in [4.69, 9.17) is 9.84 Å². The van der Waals surface area contributed by atoms with Gasteiger partial charge < -0.3 is 66.2 Å². The number of aliphatic hydroxyl groups is 9. The van der Waals surface area contributed by atoms with Gasteiger partial charge >= 0.3 is 0 Å². The molecule has 11 N–H and O–H groups in total. The van der Waals surface area contributed by atoms with Crippen molar-refractivity contribution >= 4 is 23.4 Å². The number of nitrogens with zero attached hydrogens (tertiary/aromatic N) is 1. The zero-order valence-corrected chi connectivity index (χ0v) is 34.2. The van der Waals surface area contributed by atoms with E-state index in [0.29, 0.717) is 49.1 Å². The number of aliphatic hydroxyl groups excluding tert-OH is 9. The van der Waals surface area contributed by atoms with Gasteiger partial charge in [0.2, 0.25) is 17.7 Å². The van der Waals surface area contributed by atoms with Crippen molar-refractivity contribution in [1.82, 2.24) is 10.6 Å². The van der Waals surface area contributed by atoms with E-state index in [0.717, 1.165) is 11.1 Å². The highest BCUT2D eigenvalue weighted by molar-refractivity contribution is 6.03. The smallest absolute Gasteiger partial charge is 0.233 e. The summed E-state index contributed by atoms with van der Waals surface area (Å²) in [4.78, 5) is 40.0. The van der Waals surface area contributed by atoms with Gasteiger partial charge in [0.25, 0.3) is 0 Å². The van der Waals surface area contributed by atoms with Crippen molar-refractivity contribution in [1.29, 1.82) is 0 Å². The molecule has 0 aliphatic carbocycles. The minimum absolute atomic E-state index is 0.0587. The molecule has 10 atom stereocenters. The van der Waals surface area contributed by atoms with Crippen molar-refractivity contribution in [2.24, 2.45) is 5.92 Å². The summed E-state index contributed by atoms with van der Waals surface area (Å²) in [5.41, 5.74) is 2.88. The molecule has 1 aliphatic rings. The first-order valence-corrected chi connectivity index (χ1v) is 20.5. The molecule has 3 aromatic carbocycles. The Morgan fingerprint density at radius 3 is 1.97 bits per heavy atom. The molecule has 0 spiro atoms. The quantitative estimate of drug-likeness (QED) is 0.0399. The zero-order valence-electron chi connectivity index (χ0n) is 34.2. The van der Waals surface area contributed by atoms with Crippen molar-refractivity contribution < 1.29 is 69.5 Å². The summed E-state index contributed by atoms with van der Waals surface area (Å²) in [6.07, 6.45) is -9.83. The van der Waals surface area contributed by atoms with Crippen LogP contribution in [0.3, 0.4) is 0 Å². The second kappa shape index (κ2) is 24.2. The number of halogens is 1. The second-order valence-corrected chi connectivity index (χ2v) is 15.5. The number of amides is 3. The highest BCUT2D eigenvalue weighted by atomic mass is 19.1. The standard InChI is InChI=1S/C44H60FN3O13/c1-61-31-17-11-28(12-18-31)40-32(19-20-33(50)27-9-13-29(45)14-10-27)44(60)48(40)30-15-7-26(8-16-30)23-46-39(56)22-21-35(52)41(57)34(51)5-3-2-4-6-38(55)47-24-36(53)42(58)43(59)37(54)25-49/h7-18,32-37,40-43,49-54,57-59H,2-6,19-25H2,1H3,(H,46,56)(H,47,55)/t32-,33+,34?,35?,36+,37-,40-,41?,42-,43-/m1/s1. The first-order chi connectivity index (χ1) is 29.1. The van der Waals surface area contributed by atoms with Crippen LogP contribution in [0, 0.1) is 11.7 Å². The SMILES string of the molecule is COc1ccc([C@@H]2[C@@H](CC[C@H](O)c3ccc(F)cc3)C(=O)N2c2ccc(CNC(=O)CCC(O)C(O)C(O)CCCCCC(=O)NC[C@H](O)[C@@H](O)[C@H](O)[C@H](O)CO)cc2)cc1. The molecule has 0 aromatic heterocycles. The number of β-lactam (4-membered cyclic amide) rings is 1. The van der Waals surface area contributed by atoms with E-state index >= 15 is 0 Å². The van der Waals surface area contributed by atoms with Crippen LogP contribution in [0.15, 0.2) is 72.8 Å². The van der Waals surface area contributed by atoms with Crippen LogP contribution < -0.4 is 20.3 Å². The third kappa shape index (κ3) is 14.2. The van der Waals surface area contributed by atoms with Crippen LogP contribution in [-0.2, 0) is 20.9 Å². The number of carbonyl (C=O) groups is 3. The Kier molecular flexibility index (Phi) is 19.5. The maximum atomic E-state index is 13.6. The van der Waals surface area contributed by atoms with Gasteiger partial charge in [-0.25, -0.2) is 4.39 Å². The van der Waals surface area contributed by atoms with E-state index in [2.05, 4.69) is 10.6 Å². The molecule has 336 valence electrons. The van der Waals surface area contributed by atoms with E-state index < -0.39 is 79.6 Å². The molecule has 17 heteroatoms. The average Bonchev–Trinajstić information content (AvgIpc) is 3.27. The Bertz CT molecular complexity index is 1800. The van der Waals surface area contributed by atoms with E-state index in [-0.39, 0.29) is 50.1 Å². The second-order valence-electron chi connectivity index (χ2n) is 15.5. The molecule has 4 rings (SSSR count). The lowest BCUT2D eigenvalue weighted by molar-refractivity contribution is -0.131. The lowest BCUT2D eigenvalue weighted by Crippen LogP contribution is -2.55. The number of nitrogens with one attached hydrogen (secondary N) is 2. The van der Waals surface area contributed by atoms with Gasteiger partial charge in [-0.1, -0.05) is 49.2 Å². The maximum Gasteiger partial charge on any atom is 0.233 e. The fraction of sp³-hybridized carbons (Fsp3) is 0.523. The molecule has 0 radical (unpaired) electrons. The van der Waals surface area contributed by atoms with Crippen molar-refractivity contribution in [2.45, 2.75) is 119 Å². The third-order valence-electron chi connectivity index (χ3n) is 11.1. The van der Waals surface area contributed by atoms with E-state index in [1.165, 1.54) is 24.3 Å². The number of hydrogen-bond acceptors (Lipinski definition) is 13. The molecule has 0 saturated carbocycles. The Morgan fingerprint density at radius 1 is 0.705 bits per heavy atom. The predicted molar refractivity (Wildman–Crippen MR) is 220 cm³/mol. The predicted octanol–water partition coefficient (Wildman–Crippen LogP) is 1.03. The Balaban J connectivity index is 1.17. The van der Waals surface area contributed by atoms with Gasteiger partial charge in [-0.15, -0.1) is 0 Å². The normalized spacial score (nSPS) is 19.1. The van der Waals surface area contributed by atoms with Crippen LogP contribution in [0.1, 0.15) is 86.6 Å². The molecule has 0 bridgehead atoms. The molecule has 1 aliphatic heterocycles. The average molecular weight is 858 g/mol. The number of hydrogen-bond donors (Lipinski definition) is 11. The summed E-state index contributed by atoms with van der Waals surface area (Å²) in [6, 6.07) is 19.9. The lowest BCUT2D eigenvalue weighted by Gasteiger charge is -2.48. The monoisotopic (exact) mass is 857 g/mol. The topological polar surface area (TPSA) is 270 Å². The number of rotatable bonds is 26. The van der Waals surface area contributed by atoms with Crippen molar-refractivity contribution in [3.05, 3.63) is 95.3 Å². The molecule has 1 fully saturated rings. The molecule has 61 heavy (non-hydrogen) atoms. The minimum Gasteiger partial charge on any atom is -0.497 e. The van der Waals surface area contributed by atoms with Crippen LogP contribution >= 0.6 is 0 Å². The Morgan fingerprint density at radius 2 is 1.33 bits per heavy atom. The highest BCUT2D eigenvalue weighted by Gasteiger charge is 2.48. The number of unbranched alkanes of at least 4 members (excludes halogenated alkanes) is 2. The fourth-order valence-electron chi connectivity index (χ4n) is 7.24. The van der Waals surface area contributed by atoms with Gasteiger partial charge in [-0.2, -0.15) is 0 Å². The minimum atomic E-state index is -1.80. The summed E-state index contributed by atoms with van der Waals surface area (Å²) >= 11 is 0. The van der Waals surface area contributed by atoms with Crippen LogP contribution in [0.5, 0.6) is 5.75 Å². The molecular weight excluding hydrogens is 797 g/mol. The van der Waals surface area contributed by atoms with Crippen LogP contribution in [0.4, 0.5) is 10.1 Å². The summed E-state index contributed by atoms with van der Waals surface area (Å²) < 4.78 is 18.7. The third-order valence-corrected chi connectivity index (χ3v) is 11.1. The number of ether oxygens (including phenoxy) is 1. The largest absolute Gasteiger partial charge is 0.497 e. The molecule has 16 nitrogen and oxygen atoms in total. The fourth-order valence-corrected chi connectivity index (χ4v) is 7.24.